The minimum Gasteiger partial charge on any atom is -0.492 e. The van der Waals surface area contributed by atoms with Crippen LogP contribution in [0.2, 0.25) is 0 Å². The molecule has 25 heavy (non-hydrogen) atoms. The van der Waals surface area contributed by atoms with E-state index in [1.54, 1.807) is 0 Å². The molecule has 1 heterocycles. The molecule has 5 heteroatoms. The maximum atomic E-state index is 5.79. The van der Waals surface area contributed by atoms with Crippen LogP contribution in [0.1, 0.15) is 26.2 Å². The molecule has 1 aromatic carbocycles. The quantitative estimate of drug-likeness (QED) is 0.580. The molecule has 1 N–H and O–H groups in total. The lowest BCUT2D eigenvalue weighted by atomic mass is 9.94. The lowest BCUT2D eigenvalue weighted by Crippen LogP contribution is -2.41. The summed E-state index contributed by atoms with van der Waals surface area (Å²) in [6.07, 6.45) is 3.81. The van der Waals surface area contributed by atoms with Crippen LogP contribution in [0.5, 0.6) is 5.75 Å². The number of hydrogen-bond donors (Lipinski definition) is 1. The summed E-state index contributed by atoms with van der Waals surface area (Å²) >= 11 is 0. The van der Waals surface area contributed by atoms with E-state index in [0.717, 1.165) is 37.3 Å². The summed E-state index contributed by atoms with van der Waals surface area (Å²) in [5.74, 6) is 2.72. The lowest BCUT2D eigenvalue weighted by Gasteiger charge is -2.28. The van der Waals surface area contributed by atoms with Gasteiger partial charge in [-0.15, -0.1) is 0 Å². The summed E-state index contributed by atoms with van der Waals surface area (Å²) < 4.78 is 5.79. The molecule has 5 nitrogen and oxygen atoms in total. The van der Waals surface area contributed by atoms with Gasteiger partial charge in [-0.1, -0.05) is 18.2 Å². The predicted octanol–water partition coefficient (Wildman–Crippen LogP) is 2.69. The zero-order valence-electron chi connectivity index (χ0n) is 16.1. The fourth-order valence-electron chi connectivity index (χ4n) is 3.10. The summed E-state index contributed by atoms with van der Waals surface area (Å²) in [7, 11) is 4.29. The SMILES string of the molecule is CCNC(=NCCC1CCN(C)CC1)N(C)CCOc1ccccc1. The molecule has 1 aliphatic heterocycles. The summed E-state index contributed by atoms with van der Waals surface area (Å²) in [5, 5.41) is 3.39. The van der Waals surface area contributed by atoms with Gasteiger partial charge in [0.05, 0.1) is 6.54 Å². The number of piperidine rings is 1. The summed E-state index contributed by atoms with van der Waals surface area (Å²) in [4.78, 5) is 9.39. The van der Waals surface area contributed by atoms with E-state index in [4.69, 9.17) is 9.73 Å². The van der Waals surface area contributed by atoms with Crippen molar-refractivity contribution in [3.63, 3.8) is 0 Å². The third kappa shape index (κ3) is 7.34. The fourth-order valence-corrected chi connectivity index (χ4v) is 3.10. The van der Waals surface area contributed by atoms with Crippen LogP contribution in [0, 0.1) is 5.92 Å². The summed E-state index contributed by atoms with van der Waals surface area (Å²) in [6, 6.07) is 9.96. The van der Waals surface area contributed by atoms with Gasteiger partial charge in [0.15, 0.2) is 5.96 Å². The third-order valence-electron chi connectivity index (χ3n) is 4.77. The Kier molecular flexibility index (Phi) is 8.60. The van der Waals surface area contributed by atoms with Crippen molar-refractivity contribution in [2.75, 3.05) is 53.4 Å². The van der Waals surface area contributed by atoms with Gasteiger partial charge in [0.1, 0.15) is 12.4 Å². The highest BCUT2D eigenvalue weighted by atomic mass is 16.5. The monoisotopic (exact) mass is 346 g/mol. The van der Waals surface area contributed by atoms with Gasteiger partial charge in [-0.3, -0.25) is 4.99 Å². The van der Waals surface area contributed by atoms with Crippen molar-refractivity contribution in [1.82, 2.24) is 15.1 Å². The second-order valence-electron chi connectivity index (χ2n) is 6.85. The number of nitrogens with one attached hydrogen (secondary N) is 1. The largest absolute Gasteiger partial charge is 0.492 e. The van der Waals surface area contributed by atoms with Crippen molar-refractivity contribution >= 4 is 5.96 Å². The van der Waals surface area contributed by atoms with Crippen LogP contribution in [0.15, 0.2) is 35.3 Å². The van der Waals surface area contributed by atoms with Gasteiger partial charge in [-0.05, 0) is 64.4 Å². The van der Waals surface area contributed by atoms with Gasteiger partial charge in [0.25, 0.3) is 0 Å². The molecule has 0 aromatic heterocycles. The van der Waals surface area contributed by atoms with Crippen molar-refractivity contribution in [2.24, 2.45) is 10.9 Å². The molecule has 0 atom stereocenters. The number of benzene rings is 1. The van der Waals surface area contributed by atoms with Gasteiger partial charge in [0, 0.05) is 20.1 Å². The molecule has 1 aliphatic rings. The van der Waals surface area contributed by atoms with Gasteiger partial charge in [0.2, 0.25) is 0 Å². The minimum absolute atomic E-state index is 0.653. The standard InChI is InChI=1S/C20H34N4O/c1-4-21-20(22-13-10-18-11-14-23(2)15-12-18)24(3)16-17-25-19-8-6-5-7-9-19/h5-9,18H,4,10-17H2,1-3H3,(H,21,22). The van der Waals surface area contributed by atoms with E-state index in [1.165, 1.54) is 32.4 Å². The zero-order valence-corrected chi connectivity index (χ0v) is 16.1. The molecule has 0 radical (unpaired) electrons. The van der Waals surface area contributed by atoms with Gasteiger partial charge < -0.3 is 19.9 Å². The Labute approximate surface area is 153 Å². The fraction of sp³-hybridized carbons (Fsp3) is 0.650. The van der Waals surface area contributed by atoms with E-state index in [0.29, 0.717) is 6.61 Å². The average molecular weight is 347 g/mol. The number of ether oxygens (including phenoxy) is 1. The molecule has 2 rings (SSSR count). The van der Waals surface area contributed by atoms with E-state index in [9.17, 15) is 0 Å². The number of nitrogens with zero attached hydrogens (tertiary/aromatic N) is 3. The number of likely N-dealkylation sites (N-methyl/N-ethyl adjacent to an activating group) is 1. The van der Waals surface area contributed by atoms with Crippen LogP contribution < -0.4 is 10.1 Å². The van der Waals surface area contributed by atoms with Crippen LogP contribution in [-0.2, 0) is 0 Å². The number of para-hydroxylation sites is 1. The Morgan fingerprint density at radius 3 is 2.68 bits per heavy atom. The predicted molar refractivity (Wildman–Crippen MR) is 105 cm³/mol. The van der Waals surface area contributed by atoms with Crippen LogP contribution >= 0.6 is 0 Å². The van der Waals surface area contributed by atoms with Crippen LogP contribution in [0.4, 0.5) is 0 Å². The number of likely N-dealkylation sites (tertiary alicyclic amines) is 1. The minimum atomic E-state index is 0.653. The van der Waals surface area contributed by atoms with E-state index in [1.807, 2.05) is 30.3 Å². The lowest BCUT2D eigenvalue weighted by molar-refractivity contribution is 0.214. The highest BCUT2D eigenvalue weighted by molar-refractivity contribution is 5.79. The van der Waals surface area contributed by atoms with E-state index >= 15 is 0 Å². The molecule has 1 saturated heterocycles. The van der Waals surface area contributed by atoms with Crippen molar-refractivity contribution in [1.29, 1.82) is 0 Å². The first-order valence-electron chi connectivity index (χ1n) is 9.55. The molecule has 0 bridgehead atoms. The number of hydrogen-bond acceptors (Lipinski definition) is 3. The molecular formula is C20H34N4O. The molecular weight excluding hydrogens is 312 g/mol. The molecule has 140 valence electrons. The normalized spacial score (nSPS) is 16.7. The van der Waals surface area contributed by atoms with Crippen molar-refractivity contribution in [2.45, 2.75) is 26.2 Å². The van der Waals surface area contributed by atoms with Crippen molar-refractivity contribution in [3.8, 4) is 5.75 Å². The number of aliphatic imine (C=N–C) groups is 1. The first-order chi connectivity index (χ1) is 12.2. The van der Waals surface area contributed by atoms with E-state index < -0.39 is 0 Å². The Bertz CT molecular complexity index is 498. The first-order valence-corrected chi connectivity index (χ1v) is 9.55. The second kappa shape index (κ2) is 11.0. The molecule has 1 aromatic rings. The first kappa shape index (κ1) is 19.6. The maximum absolute atomic E-state index is 5.79. The average Bonchev–Trinajstić information content (AvgIpc) is 2.63. The zero-order chi connectivity index (χ0) is 17.9. The van der Waals surface area contributed by atoms with Crippen LogP contribution in [0.25, 0.3) is 0 Å². The van der Waals surface area contributed by atoms with E-state index in [-0.39, 0.29) is 0 Å². The van der Waals surface area contributed by atoms with Crippen molar-refractivity contribution in [3.05, 3.63) is 30.3 Å². The molecule has 0 aliphatic carbocycles. The third-order valence-corrected chi connectivity index (χ3v) is 4.77. The Hall–Kier alpha value is -1.75. The van der Waals surface area contributed by atoms with Gasteiger partial charge in [-0.2, -0.15) is 0 Å². The molecule has 0 amide bonds. The smallest absolute Gasteiger partial charge is 0.193 e. The maximum Gasteiger partial charge on any atom is 0.193 e. The van der Waals surface area contributed by atoms with Gasteiger partial charge >= 0.3 is 0 Å². The highest BCUT2D eigenvalue weighted by Gasteiger charge is 2.16. The Morgan fingerprint density at radius 1 is 1.28 bits per heavy atom. The molecule has 0 saturated carbocycles. The number of rotatable bonds is 8. The number of guanidine groups is 1. The molecule has 0 unspecified atom stereocenters. The Morgan fingerprint density at radius 2 is 2.00 bits per heavy atom. The van der Waals surface area contributed by atoms with Crippen molar-refractivity contribution < 1.29 is 4.74 Å². The van der Waals surface area contributed by atoms with Crippen LogP contribution in [-0.4, -0.2) is 69.2 Å². The van der Waals surface area contributed by atoms with Crippen LogP contribution in [0.3, 0.4) is 0 Å². The van der Waals surface area contributed by atoms with Gasteiger partial charge in [-0.25, -0.2) is 0 Å². The second-order valence-corrected chi connectivity index (χ2v) is 6.85. The molecule has 1 fully saturated rings. The Balaban J connectivity index is 1.73. The summed E-state index contributed by atoms with van der Waals surface area (Å²) in [6.45, 7) is 7.82. The van der Waals surface area contributed by atoms with E-state index in [2.05, 4.69) is 36.1 Å². The topological polar surface area (TPSA) is 40.1 Å². The highest BCUT2D eigenvalue weighted by Crippen LogP contribution is 2.19. The molecule has 0 spiro atoms. The summed E-state index contributed by atoms with van der Waals surface area (Å²) in [5.41, 5.74) is 0.